The quantitative estimate of drug-likeness (QED) is 0.752. The number of hydrogen-bond acceptors (Lipinski definition) is 5. The van der Waals surface area contributed by atoms with E-state index in [9.17, 15) is 0 Å². The third-order valence-electron chi connectivity index (χ3n) is 3.64. The molecule has 0 radical (unpaired) electrons. The van der Waals surface area contributed by atoms with Crippen LogP contribution in [0, 0.1) is 6.92 Å². The van der Waals surface area contributed by atoms with Gasteiger partial charge in [-0.15, -0.1) is 11.3 Å². The zero-order valence-corrected chi connectivity index (χ0v) is 13.6. The van der Waals surface area contributed by atoms with Crippen LogP contribution in [0.5, 0.6) is 0 Å². The van der Waals surface area contributed by atoms with Crippen molar-refractivity contribution in [1.29, 1.82) is 0 Å². The first kappa shape index (κ1) is 14.9. The van der Waals surface area contributed by atoms with Crippen molar-refractivity contribution in [1.82, 2.24) is 9.97 Å². The molecule has 1 aromatic carbocycles. The predicted molar refractivity (Wildman–Crippen MR) is 91.5 cm³/mol. The molecule has 22 heavy (non-hydrogen) atoms. The Bertz CT molecular complexity index is 769. The summed E-state index contributed by atoms with van der Waals surface area (Å²) in [6, 6.07) is 8.39. The van der Waals surface area contributed by atoms with Crippen molar-refractivity contribution in [3.63, 3.8) is 0 Å². The number of anilines is 1. The maximum absolute atomic E-state index is 5.25. The van der Waals surface area contributed by atoms with E-state index in [1.807, 2.05) is 6.07 Å². The van der Waals surface area contributed by atoms with E-state index in [1.165, 1.54) is 16.7 Å². The first-order valence-electron chi connectivity index (χ1n) is 7.28. The molecule has 0 aliphatic carbocycles. The lowest BCUT2D eigenvalue weighted by Crippen LogP contribution is -2.08. The molecule has 0 spiro atoms. The highest BCUT2D eigenvalue weighted by molar-refractivity contribution is 7.18. The van der Waals surface area contributed by atoms with Crippen LogP contribution in [0.2, 0.25) is 0 Å². The van der Waals surface area contributed by atoms with Gasteiger partial charge < -0.3 is 10.1 Å². The summed E-state index contributed by atoms with van der Waals surface area (Å²) in [6.07, 6.45) is 2.57. The summed E-state index contributed by atoms with van der Waals surface area (Å²) < 4.78 is 6.38. The summed E-state index contributed by atoms with van der Waals surface area (Å²) in [6.45, 7) is 3.57. The summed E-state index contributed by atoms with van der Waals surface area (Å²) in [7, 11) is 1.73. The number of nitrogens with one attached hydrogen (secondary N) is 1. The van der Waals surface area contributed by atoms with Gasteiger partial charge in [0.25, 0.3) is 0 Å². The zero-order chi connectivity index (χ0) is 15.4. The molecule has 0 bridgehead atoms. The molecule has 2 aromatic heterocycles. The molecule has 1 N–H and O–H groups in total. The molecule has 0 amide bonds. The van der Waals surface area contributed by atoms with Gasteiger partial charge in [0.1, 0.15) is 12.1 Å². The smallest absolute Gasteiger partial charge is 0.147 e. The van der Waals surface area contributed by atoms with E-state index < -0.39 is 0 Å². The maximum atomic E-state index is 5.25. The molecule has 0 aliphatic rings. The summed E-state index contributed by atoms with van der Waals surface area (Å²) >= 11 is 1.69. The minimum Gasteiger partial charge on any atom is -0.380 e. The summed E-state index contributed by atoms with van der Waals surface area (Å²) in [5, 5.41) is 5.56. The first-order valence-corrected chi connectivity index (χ1v) is 8.16. The van der Waals surface area contributed by atoms with Crippen molar-refractivity contribution >= 4 is 27.4 Å². The van der Waals surface area contributed by atoms with Crippen LogP contribution < -0.4 is 5.32 Å². The van der Waals surface area contributed by atoms with Crippen LogP contribution in [0.15, 0.2) is 36.0 Å². The number of fused-ring (bicyclic) bond motifs is 1. The third kappa shape index (κ3) is 3.10. The molecule has 3 aromatic rings. The molecule has 2 heterocycles. The molecular formula is C17H19N3OS. The molecule has 3 rings (SSSR count). The van der Waals surface area contributed by atoms with Crippen LogP contribution in [0.3, 0.4) is 0 Å². The van der Waals surface area contributed by atoms with Crippen LogP contribution in [0.25, 0.3) is 10.2 Å². The lowest BCUT2D eigenvalue weighted by atomic mass is 10.1. The normalized spacial score (nSPS) is 11.0. The van der Waals surface area contributed by atoms with E-state index >= 15 is 0 Å². The molecule has 0 saturated heterocycles. The van der Waals surface area contributed by atoms with Crippen LogP contribution >= 0.6 is 11.3 Å². The number of benzene rings is 1. The van der Waals surface area contributed by atoms with Gasteiger partial charge in [0.05, 0.1) is 16.8 Å². The molecule has 0 aliphatic heterocycles. The van der Waals surface area contributed by atoms with Crippen molar-refractivity contribution in [3.05, 3.63) is 52.7 Å². The van der Waals surface area contributed by atoms with Gasteiger partial charge in [-0.25, -0.2) is 9.97 Å². The van der Waals surface area contributed by atoms with Gasteiger partial charge in [-0.2, -0.15) is 0 Å². The van der Waals surface area contributed by atoms with E-state index in [0.29, 0.717) is 6.61 Å². The van der Waals surface area contributed by atoms with Crippen molar-refractivity contribution in [2.45, 2.75) is 20.0 Å². The number of thiophene rings is 1. The monoisotopic (exact) mass is 313 g/mol. The number of methoxy groups -OCH3 is 1. The van der Waals surface area contributed by atoms with Gasteiger partial charge in [-0.05, 0) is 35.4 Å². The van der Waals surface area contributed by atoms with Crippen molar-refractivity contribution in [2.24, 2.45) is 0 Å². The predicted octanol–water partition coefficient (Wildman–Crippen LogP) is 3.80. The number of ether oxygens (including phenoxy) is 1. The molecule has 5 heteroatoms. The maximum Gasteiger partial charge on any atom is 0.147 e. The Hall–Kier alpha value is -1.98. The zero-order valence-electron chi connectivity index (χ0n) is 12.8. The van der Waals surface area contributed by atoms with Gasteiger partial charge in [0.2, 0.25) is 0 Å². The molecule has 4 nitrogen and oxygen atoms in total. The SMILES string of the molecule is COCc1ccccc1CCNc1ncnc2c(C)csc12. The highest BCUT2D eigenvalue weighted by Gasteiger charge is 2.08. The van der Waals surface area contributed by atoms with E-state index in [-0.39, 0.29) is 0 Å². The summed E-state index contributed by atoms with van der Waals surface area (Å²) in [5.74, 6) is 0.923. The highest BCUT2D eigenvalue weighted by atomic mass is 32.1. The van der Waals surface area contributed by atoms with E-state index in [2.05, 4.69) is 45.8 Å². The Labute approximate surface area is 134 Å². The second-order valence-corrected chi connectivity index (χ2v) is 6.08. The van der Waals surface area contributed by atoms with E-state index in [0.717, 1.165) is 29.0 Å². The van der Waals surface area contributed by atoms with Gasteiger partial charge in [0.15, 0.2) is 0 Å². The minimum atomic E-state index is 0.651. The largest absolute Gasteiger partial charge is 0.380 e. The first-order chi connectivity index (χ1) is 10.8. The Balaban J connectivity index is 1.70. The Kier molecular flexibility index (Phi) is 4.65. The highest BCUT2D eigenvalue weighted by Crippen LogP contribution is 2.28. The lowest BCUT2D eigenvalue weighted by molar-refractivity contribution is 0.184. The standard InChI is InChI=1S/C17H19N3OS/c1-12-10-22-16-15(12)19-11-20-17(16)18-8-7-13-5-3-4-6-14(13)9-21-2/h3-6,10-11H,7-9H2,1-2H3,(H,18,19,20). The average molecular weight is 313 g/mol. The van der Waals surface area contributed by atoms with Crippen molar-refractivity contribution in [2.75, 3.05) is 19.0 Å². The van der Waals surface area contributed by atoms with Crippen LogP contribution in [0.1, 0.15) is 16.7 Å². The lowest BCUT2D eigenvalue weighted by Gasteiger charge is -2.10. The topological polar surface area (TPSA) is 47.0 Å². The molecule has 0 atom stereocenters. The summed E-state index contributed by atoms with van der Waals surface area (Å²) in [4.78, 5) is 8.72. The fraction of sp³-hybridized carbons (Fsp3) is 0.294. The molecule has 0 unspecified atom stereocenters. The van der Waals surface area contributed by atoms with E-state index in [1.54, 1.807) is 24.8 Å². The van der Waals surface area contributed by atoms with Gasteiger partial charge in [-0.1, -0.05) is 24.3 Å². The molecule has 0 saturated carbocycles. The number of aryl methyl sites for hydroxylation is 1. The number of rotatable bonds is 6. The fourth-order valence-corrected chi connectivity index (χ4v) is 3.48. The second-order valence-electron chi connectivity index (χ2n) is 5.20. The molecule has 114 valence electrons. The van der Waals surface area contributed by atoms with Gasteiger partial charge in [-0.3, -0.25) is 0 Å². The minimum absolute atomic E-state index is 0.651. The number of aromatic nitrogens is 2. The average Bonchev–Trinajstić information content (AvgIpc) is 2.92. The van der Waals surface area contributed by atoms with Crippen LogP contribution in [-0.4, -0.2) is 23.6 Å². The van der Waals surface area contributed by atoms with Crippen molar-refractivity contribution < 1.29 is 4.74 Å². The number of nitrogens with zero attached hydrogens (tertiary/aromatic N) is 2. The summed E-state index contributed by atoms with van der Waals surface area (Å²) in [5.41, 5.74) is 4.80. The number of hydrogen-bond donors (Lipinski definition) is 1. The molecular weight excluding hydrogens is 294 g/mol. The van der Waals surface area contributed by atoms with Gasteiger partial charge in [0, 0.05) is 13.7 Å². The van der Waals surface area contributed by atoms with E-state index in [4.69, 9.17) is 4.74 Å². The van der Waals surface area contributed by atoms with Crippen LogP contribution in [-0.2, 0) is 17.8 Å². The Morgan fingerprint density at radius 1 is 1.18 bits per heavy atom. The third-order valence-corrected chi connectivity index (χ3v) is 4.73. The fourth-order valence-electron chi connectivity index (χ4n) is 2.51. The van der Waals surface area contributed by atoms with Crippen LogP contribution in [0.4, 0.5) is 5.82 Å². The van der Waals surface area contributed by atoms with Crippen molar-refractivity contribution in [3.8, 4) is 0 Å². The second kappa shape index (κ2) is 6.85. The van der Waals surface area contributed by atoms with Gasteiger partial charge >= 0.3 is 0 Å². The Morgan fingerprint density at radius 3 is 2.82 bits per heavy atom. The molecule has 0 fully saturated rings. The Morgan fingerprint density at radius 2 is 2.00 bits per heavy atom.